The molecule has 106 valence electrons. The first kappa shape index (κ1) is 13.2. The van der Waals surface area contributed by atoms with E-state index in [1.165, 1.54) is 25.7 Å². The Morgan fingerprint density at radius 1 is 1.40 bits per heavy atom. The monoisotopic (exact) mass is 272 g/mol. The molecule has 1 aliphatic rings. The summed E-state index contributed by atoms with van der Waals surface area (Å²) >= 11 is 0. The molecule has 0 aliphatic heterocycles. The van der Waals surface area contributed by atoms with Crippen LogP contribution < -0.4 is 0 Å². The average Bonchev–Trinajstić information content (AvgIpc) is 2.84. The molecule has 4 nitrogen and oxygen atoms in total. The van der Waals surface area contributed by atoms with Crippen LogP contribution in [0.4, 0.5) is 0 Å². The Balaban J connectivity index is 1.90. The second kappa shape index (κ2) is 5.27. The van der Waals surface area contributed by atoms with Crippen LogP contribution in [0, 0.1) is 11.8 Å². The highest BCUT2D eigenvalue weighted by Gasteiger charge is 2.22. The summed E-state index contributed by atoms with van der Waals surface area (Å²) in [5.41, 5.74) is 2.14. The lowest BCUT2D eigenvalue weighted by Gasteiger charge is -2.29. The molecule has 0 spiro atoms. The first-order valence-electron chi connectivity index (χ1n) is 7.33. The number of aromatic carboxylic acids is 1. The molecular weight excluding hydrogens is 252 g/mol. The van der Waals surface area contributed by atoms with Crippen LogP contribution in [0.1, 0.15) is 43.0 Å². The van der Waals surface area contributed by atoms with Gasteiger partial charge >= 0.3 is 5.97 Å². The van der Waals surface area contributed by atoms with Crippen LogP contribution in [0.5, 0.6) is 0 Å². The molecule has 1 N–H and O–H groups in total. The zero-order valence-electron chi connectivity index (χ0n) is 11.7. The smallest absolute Gasteiger partial charge is 0.335 e. The largest absolute Gasteiger partial charge is 0.478 e. The SMILES string of the molecule is CC1CCCCC1Cn1cnc2ccc(C(=O)O)cc21. The van der Waals surface area contributed by atoms with Crippen molar-refractivity contribution in [3.05, 3.63) is 30.1 Å². The molecule has 0 amide bonds. The predicted molar refractivity (Wildman–Crippen MR) is 77.8 cm³/mol. The number of rotatable bonds is 3. The van der Waals surface area contributed by atoms with Crippen LogP contribution in [-0.2, 0) is 6.54 Å². The fourth-order valence-corrected chi connectivity index (χ4v) is 3.25. The number of fused-ring (bicyclic) bond motifs is 1. The van der Waals surface area contributed by atoms with Crippen molar-refractivity contribution in [3.8, 4) is 0 Å². The van der Waals surface area contributed by atoms with E-state index in [2.05, 4.69) is 16.5 Å². The minimum Gasteiger partial charge on any atom is -0.478 e. The second-order valence-corrected chi connectivity index (χ2v) is 5.93. The predicted octanol–water partition coefficient (Wildman–Crippen LogP) is 3.56. The summed E-state index contributed by atoms with van der Waals surface area (Å²) in [6.45, 7) is 3.27. The van der Waals surface area contributed by atoms with Crippen LogP contribution in [0.25, 0.3) is 11.0 Å². The van der Waals surface area contributed by atoms with Crippen LogP contribution >= 0.6 is 0 Å². The highest BCUT2D eigenvalue weighted by Crippen LogP contribution is 2.31. The Morgan fingerprint density at radius 2 is 2.20 bits per heavy atom. The molecular formula is C16H20N2O2. The topological polar surface area (TPSA) is 55.1 Å². The fraction of sp³-hybridized carbons (Fsp3) is 0.500. The van der Waals surface area contributed by atoms with Gasteiger partial charge in [-0.05, 0) is 36.5 Å². The minimum absolute atomic E-state index is 0.330. The summed E-state index contributed by atoms with van der Waals surface area (Å²) in [6, 6.07) is 5.14. The summed E-state index contributed by atoms with van der Waals surface area (Å²) in [5.74, 6) is 0.532. The molecule has 0 bridgehead atoms. The molecule has 2 atom stereocenters. The summed E-state index contributed by atoms with van der Waals surface area (Å²) in [7, 11) is 0. The van der Waals surface area contributed by atoms with Crippen LogP contribution in [0.15, 0.2) is 24.5 Å². The zero-order chi connectivity index (χ0) is 14.1. The third-order valence-electron chi connectivity index (χ3n) is 4.59. The number of hydrogen-bond donors (Lipinski definition) is 1. The van der Waals surface area contributed by atoms with Crippen molar-refractivity contribution in [1.29, 1.82) is 0 Å². The van der Waals surface area contributed by atoms with Crippen LogP contribution in [-0.4, -0.2) is 20.6 Å². The van der Waals surface area contributed by atoms with Crippen molar-refractivity contribution in [2.45, 2.75) is 39.2 Å². The van der Waals surface area contributed by atoms with Gasteiger partial charge in [0.2, 0.25) is 0 Å². The number of carbonyl (C=O) groups is 1. The standard InChI is InChI=1S/C16H20N2O2/c1-11-4-2-3-5-13(11)9-18-10-17-14-7-6-12(16(19)20)8-15(14)18/h6-8,10-11,13H,2-5,9H2,1H3,(H,19,20). The van der Waals surface area contributed by atoms with E-state index in [4.69, 9.17) is 5.11 Å². The maximum Gasteiger partial charge on any atom is 0.335 e. The van der Waals surface area contributed by atoms with E-state index in [-0.39, 0.29) is 0 Å². The van der Waals surface area contributed by atoms with E-state index in [1.54, 1.807) is 18.2 Å². The van der Waals surface area contributed by atoms with Gasteiger partial charge in [-0.25, -0.2) is 9.78 Å². The summed E-state index contributed by atoms with van der Waals surface area (Å²) in [4.78, 5) is 15.5. The highest BCUT2D eigenvalue weighted by molar-refractivity contribution is 5.92. The molecule has 4 heteroatoms. The first-order valence-corrected chi connectivity index (χ1v) is 7.33. The molecule has 1 aromatic heterocycles. The first-order chi connectivity index (χ1) is 9.65. The number of carboxylic acids is 1. The Morgan fingerprint density at radius 3 is 2.95 bits per heavy atom. The lowest BCUT2D eigenvalue weighted by Crippen LogP contribution is -2.21. The molecule has 1 aromatic carbocycles. The number of aromatic nitrogens is 2. The Hall–Kier alpha value is -1.84. The maximum absolute atomic E-state index is 11.1. The summed E-state index contributed by atoms with van der Waals surface area (Å²) < 4.78 is 2.12. The van der Waals surface area contributed by atoms with Crippen molar-refractivity contribution < 1.29 is 9.90 Å². The van der Waals surface area contributed by atoms with Gasteiger partial charge in [-0.2, -0.15) is 0 Å². The van der Waals surface area contributed by atoms with Gasteiger partial charge < -0.3 is 9.67 Å². The summed E-state index contributed by atoms with van der Waals surface area (Å²) in [6.07, 6.45) is 7.06. The Kier molecular flexibility index (Phi) is 3.47. The van der Waals surface area contributed by atoms with Gasteiger partial charge in [0.15, 0.2) is 0 Å². The molecule has 1 saturated carbocycles. The minimum atomic E-state index is -0.884. The molecule has 2 unspecified atom stereocenters. The van der Waals surface area contributed by atoms with Gasteiger partial charge in [-0.1, -0.05) is 26.2 Å². The highest BCUT2D eigenvalue weighted by atomic mass is 16.4. The van der Waals surface area contributed by atoms with Crippen molar-refractivity contribution in [3.63, 3.8) is 0 Å². The van der Waals surface area contributed by atoms with Gasteiger partial charge in [0.05, 0.1) is 22.9 Å². The van der Waals surface area contributed by atoms with Gasteiger partial charge in [0.25, 0.3) is 0 Å². The molecule has 20 heavy (non-hydrogen) atoms. The van der Waals surface area contributed by atoms with Crippen molar-refractivity contribution in [2.75, 3.05) is 0 Å². The van der Waals surface area contributed by atoms with Crippen molar-refractivity contribution >= 4 is 17.0 Å². The zero-order valence-corrected chi connectivity index (χ0v) is 11.7. The summed E-state index contributed by atoms with van der Waals surface area (Å²) in [5, 5.41) is 9.11. The second-order valence-electron chi connectivity index (χ2n) is 5.93. The average molecular weight is 272 g/mol. The van der Waals surface area contributed by atoms with E-state index in [0.717, 1.165) is 23.5 Å². The molecule has 2 aromatic rings. The number of imidazole rings is 1. The molecule has 3 rings (SSSR count). The number of carboxylic acid groups (broad SMARTS) is 1. The number of benzene rings is 1. The molecule has 0 radical (unpaired) electrons. The normalized spacial score (nSPS) is 23.1. The maximum atomic E-state index is 11.1. The van der Waals surface area contributed by atoms with E-state index >= 15 is 0 Å². The Labute approximate surface area is 118 Å². The quantitative estimate of drug-likeness (QED) is 0.929. The molecule has 1 aliphatic carbocycles. The third kappa shape index (κ3) is 2.42. The van der Waals surface area contributed by atoms with Crippen molar-refractivity contribution in [2.24, 2.45) is 11.8 Å². The van der Waals surface area contributed by atoms with E-state index < -0.39 is 5.97 Å². The fourth-order valence-electron chi connectivity index (χ4n) is 3.25. The van der Waals surface area contributed by atoms with Crippen molar-refractivity contribution in [1.82, 2.24) is 9.55 Å². The molecule has 1 heterocycles. The van der Waals surface area contributed by atoms with Gasteiger partial charge in [0.1, 0.15) is 0 Å². The van der Waals surface area contributed by atoms with Gasteiger partial charge in [-0.3, -0.25) is 0 Å². The number of nitrogens with zero attached hydrogens (tertiary/aromatic N) is 2. The van der Waals surface area contributed by atoms with Crippen LogP contribution in [0.3, 0.4) is 0 Å². The van der Waals surface area contributed by atoms with E-state index in [1.807, 2.05) is 6.33 Å². The van der Waals surface area contributed by atoms with E-state index in [9.17, 15) is 4.79 Å². The lowest BCUT2D eigenvalue weighted by atomic mass is 9.80. The van der Waals surface area contributed by atoms with Gasteiger partial charge in [0, 0.05) is 6.54 Å². The number of hydrogen-bond acceptors (Lipinski definition) is 2. The van der Waals surface area contributed by atoms with E-state index in [0.29, 0.717) is 11.5 Å². The van der Waals surface area contributed by atoms with Gasteiger partial charge in [-0.15, -0.1) is 0 Å². The third-order valence-corrected chi connectivity index (χ3v) is 4.59. The van der Waals surface area contributed by atoms with Crippen LogP contribution in [0.2, 0.25) is 0 Å². The Bertz CT molecular complexity index is 632. The lowest BCUT2D eigenvalue weighted by molar-refractivity contribution is 0.0697. The molecule has 1 fully saturated rings. The molecule has 0 saturated heterocycles.